The average molecular weight is 269 g/mol. The van der Waals surface area contributed by atoms with Crippen LogP contribution in [0.4, 0.5) is 0 Å². The van der Waals surface area contributed by atoms with Crippen molar-refractivity contribution in [3.63, 3.8) is 0 Å². The first-order valence-electron chi connectivity index (χ1n) is 6.26. The zero-order chi connectivity index (χ0) is 14.9. The van der Waals surface area contributed by atoms with E-state index in [9.17, 15) is 0 Å². The van der Waals surface area contributed by atoms with E-state index in [0.29, 0.717) is 6.54 Å². The average Bonchev–Trinajstić information content (AvgIpc) is 2.93. The summed E-state index contributed by atoms with van der Waals surface area (Å²) >= 11 is 0. The predicted molar refractivity (Wildman–Crippen MR) is 80.1 cm³/mol. The molecule has 1 rings (SSSR count). The van der Waals surface area contributed by atoms with Crippen LogP contribution in [0.15, 0.2) is 40.9 Å². The molecule has 0 saturated heterocycles. The van der Waals surface area contributed by atoms with Gasteiger partial charge in [0.1, 0.15) is 6.26 Å². The molecule has 6 nitrogen and oxygen atoms in total. The number of allylic oxidation sites excluding steroid dienone is 2. The highest BCUT2D eigenvalue weighted by atomic mass is 16.5. The van der Waals surface area contributed by atoms with Crippen LogP contribution in [0.1, 0.15) is 19.5 Å². The van der Waals surface area contributed by atoms with Crippen molar-refractivity contribution in [3.8, 4) is 0 Å². The second-order valence-corrected chi connectivity index (χ2v) is 3.18. The van der Waals surface area contributed by atoms with Crippen molar-refractivity contribution in [2.24, 2.45) is 11.5 Å². The molecule has 0 amide bonds. The van der Waals surface area contributed by atoms with E-state index in [4.69, 9.17) is 11.5 Å². The lowest BCUT2D eigenvalue weighted by molar-refractivity contribution is 0.410. The lowest BCUT2D eigenvalue weighted by Gasteiger charge is -1.95. The van der Waals surface area contributed by atoms with Crippen LogP contribution in [-0.4, -0.2) is 25.8 Å². The summed E-state index contributed by atoms with van der Waals surface area (Å²) in [5.74, 6) is 0. The van der Waals surface area contributed by atoms with Gasteiger partial charge < -0.3 is 26.6 Å². The Kier molecular flexibility index (Phi) is 16.7. The number of aromatic nitrogens is 1. The topological polar surface area (TPSA) is 102 Å². The van der Waals surface area contributed by atoms with Crippen LogP contribution < -0.4 is 22.1 Å². The van der Waals surface area contributed by atoms with E-state index in [-0.39, 0.29) is 0 Å². The summed E-state index contributed by atoms with van der Waals surface area (Å²) in [5.41, 5.74) is 12.2. The minimum absolute atomic E-state index is 0.699. The lowest BCUT2D eigenvalue weighted by atomic mass is 10.4. The summed E-state index contributed by atoms with van der Waals surface area (Å²) < 4.78 is 4.58. The molecule has 0 aliphatic heterocycles. The smallest absolute Gasteiger partial charge is 0.124 e. The highest BCUT2D eigenvalue weighted by Gasteiger charge is 1.89. The molecule has 6 N–H and O–H groups in total. The first kappa shape index (κ1) is 19.5. The highest BCUT2D eigenvalue weighted by Crippen LogP contribution is 1.90. The van der Waals surface area contributed by atoms with Gasteiger partial charge in [-0.1, -0.05) is 19.0 Å². The third-order valence-electron chi connectivity index (χ3n) is 1.65. The Morgan fingerprint density at radius 2 is 2.05 bits per heavy atom. The number of nitrogens with zero attached hydrogens (tertiary/aromatic N) is 1. The maximum Gasteiger partial charge on any atom is 0.124 e. The van der Waals surface area contributed by atoms with Gasteiger partial charge in [-0.3, -0.25) is 0 Å². The fourth-order valence-electron chi connectivity index (χ4n) is 0.952. The Labute approximate surface area is 115 Å². The van der Waals surface area contributed by atoms with Crippen LogP contribution in [0.25, 0.3) is 0 Å². The summed E-state index contributed by atoms with van der Waals surface area (Å²) in [6.45, 7) is 5.47. The minimum atomic E-state index is 0.699. The van der Waals surface area contributed by atoms with Crippen molar-refractivity contribution in [3.05, 3.63) is 42.1 Å². The molecule has 0 unspecified atom stereocenters. The summed E-state index contributed by atoms with van der Waals surface area (Å²) in [5, 5.41) is 9.52. The van der Waals surface area contributed by atoms with Crippen LogP contribution in [0.2, 0.25) is 0 Å². The summed E-state index contributed by atoms with van der Waals surface area (Å²) in [6, 6.07) is 1.83. The molecule has 110 valence electrons. The third kappa shape index (κ3) is 14.1. The molecule has 1 heterocycles. The van der Waals surface area contributed by atoms with E-state index >= 15 is 0 Å². The molecular formula is C13H27N5O. The number of hydrogen-bond donors (Lipinski definition) is 4. The van der Waals surface area contributed by atoms with Gasteiger partial charge in [0.25, 0.3) is 0 Å². The molecule has 19 heavy (non-hydrogen) atoms. The van der Waals surface area contributed by atoms with Gasteiger partial charge in [0.2, 0.25) is 0 Å². The van der Waals surface area contributed by atoms with Gasteiger partial charge in [-0.2, -0.15) is 0 Å². The molecule has 1 aromatic rings. The largest absolute Gasteiger partial charge is 0.405 e. The van der Waals surface area contributed by atoms with Crippen molar-refractivity contribution in [2.75, 3.05) is 20.6 Å². The number of nitrogens with one attached hydrogen (secondary N) is 2. The first-order valence-corrected chi connectivity index (χ1v) is 6.26. The van der Waals surface area contributed by atoms with E-state index in [1.165, 1.54) is 6.20 Å². The quantitative estimate of drug-likeness (QED) is 0.593. The SMILES string of the molecule is CC.CNC/C(N)=C/C=C\N.CNCc1ccon1. The van der Waals surface area contributed by atoms with Crippen molar-refractivity contribution in [1.29, 1.82) is 0 Å². The third-order valence-corrected chi connectivity index (χ3v) is 1.65. The molecule has 0 saturated carbocycles. The molecule has 0 aliphatic carbocycles. The molecule has 1 aromatic heterocycles. The summed E-state index contributed by atoms with van der Waals surface area (Å²) in [6.07, 6.45) is 6.47. The van der Waals surface area contributed by atoms with Gasteiger partial charge in [0.15, 0.2) is 0 Å². The van der Waals surface area contributed by atoms with Gasteiger partial charge in [-0.25, -0.2) is 0 Å². The Balaban J connectivity index is 0. The number of rotatable bonds is 5. The standard InChI is InChI=1S/C6H13N3.C5H8N2O.C2H6/c1-9-5-6(8)3-2-4-7;1-6-4-5-2-3-8-7-5;1-2/h2-4,9H,5,7-8H2,1H3;2-3,6H,4H2,1H3;1-2H3/b4-2-,6-3-;;. The van der Waals surface area contributed by atoms with Crippen LogP contribution in [-0.2, 0) is 6.54 Å². The van der Waals surface area contributed by atoms with Gasteiger partial charge in [-0.05, 0) is 32.4 Å². The lowest BCUT2D eigenvalue weighted by Crippen LogP contribution is -2.15. The van der Waals surface area contributed by atoms with Crippen LogP contribution in [0.3, 0.4) is 0 Å². The van der Waals surface area contributed by atoms with Gasteiger partial charge >= 0.3 is 0 Å². The van der Waals surface area contributed by atoms with E-state index in [2.05, 4.69) is 20.3 Å². The number of nitrogens with two attached hydrogens (primary N) is 2. The fraction of sp³-hybridized carbons (Fsp3) is 0.462. The van der Waals surface area contributed by atoms with Crippen LogP contribution >= 0.6 is 0 Å². The predicted octanol–water partition coefficient (Wildman–Crippen LogP) is 0.941. The molecule has 0 aliphatic rings. The Hall–Kier alpha value is -1.79. The molecule has 0 spiro atoms. The summed E-state index contributed by atoms with van der Waals surface area (Å²) in [7, 11) is 3.71. The minimum Gasteiger partial charge on any atom is -0.405 e. The molecule has 0 atom stereocenters. The van der Waals surface area contributed by atoms with Crippen LogP contribution in [0.5, 0.6) is 0 Å². The highest BCUT2D eigenvalue weighted by molar-refractivity contribution is 5.09. The molecule has 6 heteroatoms. The van der Waals surface area contributed by atoms with E-state index in [1.807, 2.05) is 34.0 Å². The monoisotopic (exact) mass is 269 g/mol. The molecular weight excluding hydrogens is 242 g/mol. The van der Waals surface area contributed by atoms with E-state index < -0.39 is 0 Å². The van der Waals surface area contributed by atoms with Crippen molar-refractivity contribution in [1.82, 2.24) is 15.8 Å². The Morgan fingerprint density at radius 3 is 2.47 bits per heavy atom. The van der Waals surface area contributed by atoms with E-state index in [1.54, 1.807) is 18.4 Å². The second-order valence-electron chi connectivity index (χ2n) is 3.18. The molecule has 0 aromatic carbocycles. The molecule has 0 radical (unpaired) electrons. The fourth-order valence-corrected chi connectivity index (χ4v) is 0.952. The Bertz CT molecular complexity index is 320. The first-order chi connectivity index (χ1) is 9.24. The zero-order valence-corrected chi connectivity index (χ0v) is 12.3. The van der Waals surface area contributed by atoms with Crippen molar-refractivity contribution >= 4 is 0 Å². The maximum atomic E-state index is 5.46. The van der Waals surface area contributed by atoms with Crippen LogP contribution in [0, 0.1) is 0 Å². The number of hydrogen-bond acceptors (Lipinski definition) is 6. The van der Waals surface area contributed by atoms with Gasteiger partial charge in [0, 0.05) is 24.9 Å². The molecule has 0 bridgehead atoms. The van der Waals surface area contributed by atoms with Gasteiger partial charge in [-0.15, -0.1) is 0 Å². The molecule has 0 fully saturated rings. The van der Waals surface area contributed by atoms with Crippen molar-refractivity contribution < 1.29 is 4.52 Å². The second kappa shape index (κ2) is 16.2. The Morgan fingerprint density at radius 1 is 1.37 bits per heavy atom. The van der Waals surface area contributed by atoms with Gasteiger partial charge in [0.05, 0.1) is 5.69 Å². The normalized spacial score (nSPS) is 10.4. The summed E-state index contributed by atoms with van der Waals surface area (Å²) in [4.78, 5) is 0. The van der Waals surface area contributed by atoms with Crippen molar-refractivity contribution in [2.45, 2.75) is 20.4 Å². The van der Waals surface area contributed by atoms with E-state index in [0.717, 1.165) is 17.9 Å². The number of likely N-dealkylation sites (N-methyl/N-ethyl adjacent to an activating group) is 1. The maximum absolute atomic E-state index is 5.46. The zero-order valence-electron chi connectivity index (χ0n) is 12.3.